The second kappa shape index (κ2) is 8.44. The molecule has 0 radical (unpaired) electrons. The third kappa shape index (κ3) is 3.19. The van der Waals surface area contributed by atoms with Gasteiger partial charge in [0.1, 0.15) is 11.2 Å². The van der Waals surface area contributed by atoms with Gasteiger partial charge in [-0.3, -0.25) is 9.97 Å². The lowest BCUT2D eigenvalue weighted by Gasteiger charge is -2.15. The molecule has 4 heteroatoms. The van der Waals surface area contributed by atoms with E-state index in [1.807, 2.05) is 36.7 Å². The Morgan fingerprint density at radius 3 is 2.15 bits per heavy atom. The molecule has 9 rings (SSSR count). The van der Waals surface area contributed by atoms with Crippen molar-refractivity contribution in [1.29, 1.82) is 0 Å². The summed E-state index contributed by atoms with van der Waals surface area (Å²) >= 11 is 0. The Bertz CT molecular complexity index is 2480. The molecule has 0 fully saturated rings. The Kier molecular flexibility index (Phi) is 4.58. The largest absolute Gasteiger partial charge is 0.455 e. The van der Waals surface area contributed by atoms with E-state index in [-0.39, 0.29) is 0 Å². The van der Waals surface area contributed by atoms with Crippen molar-refractivity contribution in [2.24, 2.45) is 0 Å². The van der Waals surface area contributed by atoms with Crippen LogP contribution in [0.25, 0.3) is 87.8 Å². The van der Waals surface area contributed by atoms with Gasteiger partial charge in [-0.05, 0) is 42.0 Å². The zero-order valence-corrected chi connectivity index (χ0v) is 21.9. The van der Waals surface area contributed by atoms with Crippen molar-refractivity contribution in [2.45, 2.75) is 0 Å². The summed E-state index contributed by atoms with van der Waals surface area (Å²) in [6, 6.07) is 39.9. The van der Waals surface area contributed by atoms with E-state index >= 15 is 0 Å². The Labute approximate surface area is 234 Å². The average Bonchev–Trinajstić information content (AvgIpc) is 3.44. The monoisotopic (exact) mass is 523 g/mol. The molecule has 0 amide bonds. The summed E-state index contributed by atoms with van der Waals surface area (Å²) in [6.45, 7) is 0. The quantitative estimate of drug-likeness (QED) is 0.212. The smallest absolute Gasteiger partial charge is 0.143 e. The van der Waals surface area contributed by atoms with Crippen LogP contribution in [0.2, 0.25) is 0 Å². The highest BCUT2D eigenvalue weighted by Crippen LogP contribution is 2.47. The summed E-state index contributed by atoms with van der Waals surface area (Å²) in [5, 5.41) is 7.63. The Balaban J connectivity index is 1.56. The third-order valence-corrected chi connectivity index (χ3v) is 8.11. The second-order valence-electron chi connectivity index (χ2n) is 10.4. The first kappa shape index (κ1) is 22.2. The second-order valence-corrected chi connectivity index (χ2v) is 10.4. The first-order valence-electron chi connectivity index (χ1n) is 13.7. The maximum Gasteiger partial charge on any atom is 0.143 e. The zero-order valence-electron chi connectivity index (χ0n) is 21.9. The SMILES string of the molecule is c1ccc(-c2nc3ccccc3c3c2cc(-c2cc4cccnc4c4ncccc24)c2oc4ccccc4c23)cc1. The molecule has 41 heavy (non-hydrogen) atoms. The van der Waals surface area contributed by atoms with Gasteiger partial charge >= 0.3 is 0 Å². The Morgan fingerprint density at radius 1 is 0.512 bits per heavy atom. The van der Waals surface area contributed by atoms with Gasteiger partial charge in [-0.2, -0.15) is 0 Å². The number of nitrogens with zero attached hydrogens (tertiary/aromatic N) is 3. The summed E-state index contributed by atoms with van der Waals surface area (Å²) in [4.78, 5) is 14.7. The molecule has 0 aliphatic carbocycles. The number of pyridine rings is 3. The fourth-order valence-corrected chi connectivity index (χ4v) is 6.35. The highest BCUT2D eigenvalue weighted by Gasteiger charge is 2.22. The number of para-hydroxylation sites is 2. The van der Waals surface area contributed by atoms with Gasteiger partial charge in [0.15, 0.2) is 0 Å². The number of hydrogen-bond donors (Lipinski definition) is 0. The van der Waals surface area contributed by atoms with Crippen LogP contribution in [-0.2, 0) is 0 Å². The lowest BCUT2D eigenvalue weighted by molar-refractivity contribution is 0.670. The van der Waals surface area contributed by atoms with Crippen molar-refractivity contribution in [3.8, 4) is 22.4 Å². The Hall–Kier alpha value is -5.61. The number of hydrogen-bond acceptors (Lipinski definition) is 4. The molecule has 4 heterocycles. The van der Waals surface area contributed by atoms with Gasteiger partial charge in [0.05, 0.1) is 22.2 Å². The summed E-state index contributed by atoms with van der Waals surface area (Å²) in [7, 11) is 0. The standard InChI is InChI=1S/C37H21N3O/c1-2-10-22(11-3-1)34-29-21-28(27-20-23-12-8-18-38-35(23)36-24(27)15-9-19-39-36)37-33(26-14-5-7-17-31(26)41-37)32(29)25-13-4-6-16-30(25)40-34/h1-21H. The highest BCUT2D eigenvalue weighted by molar-refractivity contribution is 6.31. The molecule has 0 atom stereocenters. The van der Waals surface area contributed by atoms with Gasteiger partial charge in [-0.25, -0.2) is 4.98 Å². The van der Waals surface area contributed by atoms with Crippen molar-refractivity contribution in [2.75, 3.05) is 0 Å². The number of rotatable bonds is 2. The summed E-state index contributed by atoms with van der Waals surface area (Å²) in [6.07, 6.45) is 3.66. The van der Waals surface area contributed by atoms with E-state index in [4.69, 9.17) is 14.4 Å². The van der Waals surface area contributed by atoms with Gasteiger partial charge in [0.2, 0.25) is 0 Å². The minimum Gasteiger partial charge on any atom is -0.455 e. The molecule has 9 aromatic rings. The number of benzene rings is 5. The molecule has 0 N–H and O–H groups in total. The van der Waals surface area contributed by atoms with Crippen molar-refractivity contribution < 1.29 is 4.42 Å². The molecule has 0 unspecified atom stereocenters. The molecule has 5 aromatic carbocycles. The summed E-state index contributed by atoms with van der Waals surface area (Å²) in [5.41, 5.74) is 8.58. The molecular formula is C37H21N3O. The fraction of sp³-hybridized carbons (Fsp3) is 0. The van der Waals surface area contributed by atoms with Crippen LogP contribution in [0, 0.1) is 0 Å². The molecule has 0 saturated heterocycles. The van der Waals surface area contributed by atoms with Gasteiger partial charge in [-0.1, -0.05) is 78.9 Å². The normalized spacial score (nSPS) is 11.9. The van der Waals surface area contributed by atoms with Crippen LogP contribution in [0.5, 0.6) is 0 Å². The summed E-state index contributed by atoms with van der Waals surface area (Å²) in [5.74, 6) is 0. The molecule has 4 nitrogen and oxygen atoms in total. The van der Waals surface area contributed by atoms with Crippen molar-refractivity contribution >= 4 is 65.4 Å². The van der Waals surface area contributed by atoms with Gasteiger partial charge < -0.3 is 4.42 Å². The summed E-state index contributed by atoms with van der Waals surface area (Å²) < 4.78 is 6.75. The molecule has 0 bridgehead atoms. The van der Waals surface area contributed by atoms with Crippen LogP contribution < -0.4 is 0 Å². The van der Waals surface area contributed by atoms with E-state index in [1.54, 1.807) is 0 Å². The number of aromatic nitrogens is 3. The van der Waals surface area contributed by atoms with Crippen molar-refractivity contribution in [1.82, 2.24) is 15.0 Å². The molecule has 190 valence electrons. The van der Waals surface area contributed by atoms with Crippen LogP contribution in [0.3, 0.4) is 0 Å². The van der Waals surface area contributed by atoms with Crippen LogP contribution in [0.1, 0.15) is 0 Å². The minimum atomic E-state index is 0.863. The molecule has 0 aliphatic rings. The maximum absolute atomic E-state index is 6.75. The number of fused-ring (bicyclic) bond motifs is 10. The van der Waals surface area contributed by atoms with E-state index in [9.17, 15) is 0 Å². The molecule has 0 aliphatic heterocycles. The Morgan fingerprint density at radius 2 is 1.24 bits per heavy atom. The average molecular weight is 524 g/mol. The van der Waals surface area contributed by atoms with Crippen LogP contribution in [0.4, 0.5) is 0 Å². The fourth-order valence-electron chi connectivity index (χ4n) is 6.35. The van der Waals surface area contributed by atoms with Gasteiger partial charge in [0, 0.05) is 61.2 Å². The van der Waals surface area contributed by atoms with E-state index in [1.165, 1.54) is 0 Å². The predicted octanol–water partition coefficient (Wildman–Crippen LogP) is 9.72. The van der Waals surface area contributed by atoms with Crippen molar-refractivity contribution in [3.05, 3.63) is 128 Å². The van der Waals surface area contributed by atoms with E-state index in [2.05, 4.69) is 96.0 Å². The highest BCUT2D eigenvalue weighted by atomic mass is 16.3. The minimum absolute atomic E-state index is 0.863. The van der Waals surface area contributed by atoms with E-state index < -0.39 is 0 Å². The van der Waals surface area contributed by atoms with Gasteiger partial charge in [0.25, 0.3) is 0 Å². The first-order valence-corrected chi connectivity index (χ1v) is 13.7. The van der Waals surface area contributed by atoms with Gasteiger partial charge in [-0.15, -0.1) is 0 Å². The molecule has 0 saturated carbocycles. The third-order valence-electron chi connectivity index (χ3n) is 8.11. The maximum atomic E-state index is 6.75. The van der Waals surface area contributed by atoms with Crippen LogP contribution in [-0.4, -0.2) is 15.0 Å². The van der Waals surface area contributed by atoms with Crippen molar-refractivity contribution in [3.63, 3.8) is 0 Å². The van der Waals surface area contributed by atoms with Crippen LogP contribution >= 0.6 is 0 Å². The predicted molar refractivity (Wildman–Crippen MR) is 168 cm³/mol. The van der Waals surface area contributed by atoms with Crippen LogP contribution in [0.15, 0.2) is 132 Å². The molecule has 0 spiro atoms. The molecule has 4 aromatic heterocycles. The molecular weight excluding hydrogens is 502 g/mol. The zero-order chi connectivity index (χ0) is 26.9. The van der Waals surface area contributed by atoms with E-state index in [0.717, 1.165) is 87.8 Å². The number of furan rings is 1. The lowest BCUT2D eigenvalue weighted by atomic mass is 9.90. The lowest BCUT2D eigenvalue weighted by Crippen LogP contribution is -1.93. The topological polar surface area (TPSA) is 51.8 Å². The van der Waals surface area contributed by atoms with E-state index in [0.29, 0.717) is 0 Å². The first-order chi connectivity index (χ1) is 20.3.